The molecule has 0 radical (unpaired) electrons. The summed E-state index contributed by atoms with van der Waals surface area (Å²) in [6.45, 7) is 1.68. The number of pyridine rings is 2. The van der Waals surface area contributed by atoms with Gasteiger partial charge in [0.1, 0.15) is 5.92 Å². The maximum absolute atomic E-state index is 13.6. The van der Waals surface area contributed by atoms with Crippen molar-refractivity contribution in [2.24, 2.45) is 5.92 Å². The number of carbonyl (C=O) groups is 3. The lowest BCUT2D eigenvalue weighted by Gasteiger charge is -2.20. The molecule has 1 atom stereocenters. The third kappa shape index (κ3) is 3.66. The number of carbonyl (C=O) groups excluding carboxylic acids is 3. The second kappa shape index (κ2) is 7.38. The first-order valence-corrected chi connectivity index (χ1v) is 8.64. The molecule has 1 aliphatic carbocycles. The van der Waals surface area contributed by atoms with Crippen LogP contribution in [-0.4, -0.2) is 34.4 Å². The second-order valence-corrected chi connectivity index (χ2v) is 6.63. The van der Waals surface area contributed by atoms with Crippen molar-refractivity contribution in [2.75, 3.05) is 7.11 Å². The normalized spacial score (nSPS) is 17.2. The number of methoxy groups -OCH3 is 1. The molecule has 0 saturated heterocycles. The fraction of sp³-hybridized carbons (Fsp3) is 0.421. The van der Waals surface area contributed by atoms with Crippen LogP contribution in [0.15, 0.2) is 18.2 Å². The number of hydrogen-bond acceptors (Lipinski definition) is 6. The van der Waals surface area contributed by atoms with Crippen molar-refractivity contribution < 1.29 is 32.3 Å². The molecule has 28 heavy (non-hydrogen) atoms. The Morgan fingerprint density at radius 3 is 2.39 bits per heavy atom. The van der Waals surface area contributed by atoms with E-state index in [9.17, 15) is 27.6 Å². The molecule has 0 bridgehead atoms. The van der Waals surface area contributed by atoms with Crippen LogP contribution in [0.5, 0.6) is 0 Å². The Morgan fingerprint density at radius 1 is 1.18 bits per heavy atom. The minimum atomic E-state index is -4.95. The van der Waals surface area contributed by atoms with E-state index >= 15 is 0 Å². The Balaban J connectivity index is 2.16. The van der Waals surface area contributed by atoms with Gasteiger partial charge in [0, 0.05) is 25.3 Å². The maximum Gasteiger partial charge on any atom is 0.434 e. The highest BCUT2D eigenvalue weighted by Crippen LogP contribution is 2.34. The number of ether oxygens (including phenoxy) is 1. The molecule has 1 aliphatic rings. The Hall–Kier alpha value is -2.68. The summed E-state index contributed by atoms with van der Waals surface area (Å²) in [5.74, 6) is -4.17. The van der Waals surface area contributed by atoms with Gasteiger partial charge in [0.2, 0.25) is 0 Å². The quantitative estimate of drug-likeness (QED) is 0.583. The largest absolute Gasteiger partial charge is 0.434 e. The molecule has 0 amide bonds. The summed E-state index contributed by atoms with van der Waals surface area (Å²) in [5, 5.41) is 0.194. The minimum Gasteiger partial charge on any atom is -0.375 e. The average molecular weight is 394 g/mol. The molecule has 0 N–H and O–H groups in total. The number of ketones is 3. The highest BCUT2D eigenvalue weighted by molar-refractivity contribution is 6.25. The summed E-state index contributed by atoms with van der Waals surface area (Å²) >= 11 is 0. The second-order valence-electron chi connectivity index (χ2n) is 6.63. The monoisotopic (exact) mass is 394 g/mol. The van der Waals surface area contributed by atoms with Crippen LogP contribution in [0, 0.1) is 5.92 Å². The highest BCUT2D eigenvalue weighted by Gasteiger charge is 2.43. The molecule has 2 heterocycles. The van der Waals surface area contributed by atoms with Gasteiger partial charge in [-0.25, -0.2) is 9.97 Å². The summed E-state index contributed by atoms with van der Waals surface area (Å²) in [6, 6.07) is 4.02. The SMILES string of the molecule is COC(C)c1ccc2cc(C(=O)C3C(=O)CCCC3=O)c(C(F)(F)F)nc2n1. The van der Waals surface area contributed by atoms with Gasteiger partial charge in [0.15, 0.2) is 28.7 Å². The molecule has 1 saturated carbocycles. The predicted octanol–water partition coefficient (Wildman–Crippen LogP) is 3.48. The highest BCUT2D eigenvalue weighted by atomic mass is 19.4. The summed E-state index contributed by atoms with van der Waals surface area (Å²) in [4.78, 5) is 44.4. The van der Waals surface area contributed by atoms with E-state index in [1.807, 2.05) is 0 Å². The van der Waals surface area contributed by atoms with Crippen LogP contribution in [0.1, 0.15) is 54.0 Å². The van der Waals surface area contributed by atoms with Crippen molar-refractivity contribution in [1.82, 2.24) is 9.97 Å². The fourth-order valence-electron chi connectivity index (χ4n) is 3.17. The summed E-state index contributed by atoms with van der Waals surface area (Å²) in [7, 11) is 1.44. The van der Waals surface area contributed by atoms with Gasteiger partial charge in [0.05, 0.1) is 17.4 Å². The lowest BCUT2D eigenvalue weighted by molar-refractivity contribution is -0.142. The van der Waals surface area contributed by atoms with Crippen LogP contribution in [0.2, 0.25) is 0 Å². The lowest BCUT2D eigenvalue weighted by Crippen LogP contribution is -2.36. The summed E-state index contributed by atoms with van der Waals surface area (Å²) in [5.41, 5.74) is -2.06. The Morgan fingerprint density at radius 2 is 1.82 bits per heavy atom. The molecule has 1 fully saturated rings. The van der Waals surface area contributed by atoms with Crippen molar-refractivity contribution >= 4 is 28.4 Å². The molecule has 148 valence electrons. The smallest absolute Gasteiger partial charge is 0.375 e. The van der Waals surface area contributed by atoms with Gasteiger partial charge in [-0.3, -0.25) is 14.4 Å². The number of hydrogen-bond donors (Lipinski definition) is 0. The average Bonchev–Trinajstić information content (AvgIpc) is 2.64. The van der Waals surface area contributed by atoms with Gasteiger partial charge in [-0.1, -0.05) is 0 Å². The van der Waals surface area contributed by atoms with Gasteiger partial charge in [0.25, 0.3) is 0 Å². The molecule has 1 unspecified atom stereocenters. The van der Waals surface area contributed by atoms with E-state index in [1.54, 1.807) is 13.0 Å². The number of nitrogens with zero attached hydrogens (tertiary/aromatic N) is 2. The van der Waals surface area contributed by atoms with Crippen LogP contribution < -0.4 is 0 Å². The van der Waals surface area contributed by atoms with E-state index in [-0.39, 0.29) is 23.9 Å². The van der Waals surface area contributed by atoms with E-state index in [2.05, 4.69) is 9.97 Å². The Labute approximate surface area is 158 Å². The first-order valence-electron chi connectivity index (χ1n) is 8.64. The van der Waals surface area contributed by atoms with Crippen LogP contribution in [-0.2, 0) is 20.5 Å². The van der Waals surface area contributed by atoms with Crippen molar-refractivity contribution in [3.8, 4) is 0 Å². The Kier molecular flexibility index (Phi) is 5.29. The zero-order valence-electron chi connectivity index (χ0n) is 15.2. The topological polar surface area (TPSA) is 86.2 Å². The molecular formula is C19H17F3N2O4. The number of Topliss-reactive ketones (excluding diaryl/α,β-unsaturated/α-hetero) is 3. The van der Waals surface area contributed by atoms with E-state index in [0.29, 0.717) is 12.1 Å². The zero-order chi connectivity index (χ0) is 20.6. The van der Waals surface area contributed by atoms with E-state index in [0.717, 1.165) is 6.07 Å². The van der Waals surface area contributed by atoms with Gasteiger partial charge < -0.3 is 4.74 Å². The molecule has 3 rings (SSSR count). The van der Waals surface area contributed by atoms with Crippen molar-refractivity contribution in [3.05, 3.63) is 35.2 Å². The molecule has 9 heteroatoms. The summed E-state index contributed by atoms with van der Waals surface area (Å²) < 4.78 is 45.9. The van der Waals surface area contributed by atoms with Gasteiger partial charge in [-0.05, 0) is 31.5 Å². The number of aromatic nitrogens is 2. The van der Waals surface area contributed by atoms with Crippen LogP contribution in [0.25, 0.3) is 11.0 Å². The van der Waals surface area contributed by atoms with Gasteiger partial charge in [-0.2, -0.15) is 13.2 Å². The first-order chi connectivity index (χ1) is 13.1. The lowest BCUT2D eigenvalue weighted by atomic mass is 9.81. The van der Waals surface area contributed by atoms with E-state index in [1.165, 1.54) is 13.2 Å². The first kappa shape index (κ1) is 20.1. The number of halogens is 3. The Bertz CT molecular complexity index is 956. The zero-order valence-corrected chi connectivity index (χ0v) is 15.2. The summed E-state index contributed by atoms with van der Waals surface area (Å²) in [6.07, 6.45) is -5.13. The van der Waals surface area contributed by atoms with Crippen LogP contribution in [0.3, 0.4) is 0 Å². The van der Waals surface area contributed by atoms with Crippen LogP contribution >= 0.6 is 0 Å². The molecule has 2 aromatic rings. The van der Waals surface area contributed by atoms with Crippen molar-refractivity contribution in [1.29, 1.82) is 0 Å². The molecular weight excluding hydrogens is 377 g/mol. The maximum atomic E-state index is 13.6. The molecule has 6 nitrogen and oxygen atoms in total. The predicted molar refractivity (Wildman–Crippen MR) is 91.6 cm³/mol. The van der Waals surface area contributed by atoms with Crippen LogP contribution in [0.4, 0.5) is 13.2 Å². The number of fused-ring (bicyclic) bond motifs is 1. The van der Waals surface area contributed by atoms with E-state index < -0.39 is 46.8 Å². The van der Waals surface area contributed by atoms with Crippen molar-refractivity contribution in [3.63, 3.8) is 0 Å². The van der Waals surface area contributed by atoms with Gasteiger partial charge >= 0.3 is 6.18 Å². The fourth-order valence-corrected chi connectivity index (χ4v) is 3.17. The molecule has 0 aliphatic heterocycles. The number of rotatable bonds is 4. The number of alkyl halides is 3. The van der Waals surface area contributed by atoms with Gasteiger partial charge in [-0.15, -0.1) is 0 Å². The third-order valence-electron chi connectivity index (χ3n) is 4.76. The minimum absolute atomic E-state index is 0.00959. The molecule has 0 aromatic carbocycles. The molecule has 2 aromatic heterocycles. The van der Waals surface area contributed by atoms with Crippen molar-refractivity contribution in [2.45, 2.75) is 38.5 Å². The third-order valence-corrected chi connectivity index (χ3v) is 4.76. The molecule has 0 spiro atoms. The standard InChI is InChI=1S/C19H17F3N2O4/c1-9(28-2)12-7-6-10-8-11(17(19(20,21)22)24-18(10)23-12)16(27)15-13(25)4-3-5-14(15)26/h6-9,15H,3-5H2,1-2H3. The van der Waals surface area contributed by atoms with E-state index in [4.69, 9.17) is 4.74 Å².